The van der Waals surface area contributed by atoms with Crippen molar-refractivity contribution in [1.82, 2.24) is 15.1 Å². The topological polar surface area (TPSA) is 44.8 Å². The van der Waals surface area contributed by atoms with E-state index in [4.69, 9.17) is 4.74 Å². The molecular formula is C23H31N3O2. The molecule has 0 aromatic heterocycles. The predicted octanol–water partition coefficient (Wildman–Crippen LogP) is 3.08. The minimum absolute atomic E-state index is 0.0478. The molecule has 2 unspecified atom stereocenters. The number of benzene rings is 2. The van der Waals surface area contributed by atoms with Gasteiger partial charge in [-0.1, -0.05) is 42.5 Å². The lowest BCUT2D eigenvalue weighted by Gasteiger charge is -2.28. The highest BCUT2D eigenvalue weighted by molar-refractivity contribution is 5.82. The third kappa shape index (κ3) is 5.12. The average Bonchev–Trinajstić information content (AvgIpc) is 3.17. The van der Waals surface area contributed by atoms with E-state index in [2.05, 4.69) is 45.4 Å². The third-order valence-corrected chi connectivity index (χ3v) is 5.47. The molecule has 28 heavy (non-hydrogen) atoms. The van der Waals surface area contributed by atoms with Gasteiger partial charge in [0.2, 0.25) is 5.91 Å². The highest BCUT2D eigenvalue weighted by atomic mass is 16.5. The van der Waals surface area contributed by atoms with Crippen LogP contribution < -0.4 is 10.1 Å². The van der Waals surface area contributed by atoms with Crippen molar-refractivity contribution < 1.29 is 9.53 Å². The number of amides is 1. The van der Waals surface area contributed by atoms with Crippen molar-refractivity contribution >= 4 is 5.91 Å². The monoisotopic (exact) mass is 381 g/mol. The smallest absolute Gasteiger partial charge is 0.237 e. The molecule has 2 atom stereocenters. The van der Waals surface area contributed by atoms with Gasteiger partial charge in [0.25, 0.3) is 0 Å². The van der Waals surface area contributed by atoms with Crippen molar-refractivity contribution in [1.29, 1.82) is 0 Å². The molecule has 1 amide bonds. The van der Waals surface area contributed by atoms with Crippen molar-refractivity contribution in [2.24, 2.45) is 0 Å². The number of likely N-dealkylation sites (tertiary alicyclic amines) is 1. The van der Waals surface area contributed by atoms with E-state index in [9.17, 15) is 4.79 Å². The number of rotatable bonds is 8. The number of methoxy groups -OCH3 is 1. The highest BCUT2D eigenvalue weighted by Crippen LogP contribution is 2.23. The fraction of sp³-hybridized carbons (Fsp3) is 0.435. The molecule has 5 nitrogen and oxygen atoms in total. The van der Waals surface area contributed by atoms with Gasteiger partial charge in [0, 0.05) is 13.1 Å². The largest absolute Gasteiger partial charge is 0.497 e. The van der Waals surface area contributed by atoms with Crippen LogP contribution in [0.25, 0.3) is 0 Å². The molecule has 0 spiro atoms. The summed E-state index contributed by atoms with van der Waals surface area (Å²) in [7, 11) is 5.74. The minimum Gasteiger partial charge on any atom is -0.497 e. The molecule has 0 aliphatic carbocycles. The first kappa shape index (κ1) is 20.4. The van der Waals surface area contributed by atoms with Gasteiger partial charge in [-0.05, 0) is 56.7 Å². The Morgan fingerprint density at radius 2 is 2.00 bits per heavy atom. The fourth-order valence-corrected chi connectivity index (χ4v) is 3.89. The Hall–Kier alpha value is -2.37. The van der Waals surface area contributed by atoms with Crippen molar-refractivity contribution in [2.45, 2.75) is 31.5 Å². The lowest BCUT2D eigenvalue weighted by atomic mass is 10.1. The van der Waals surface area contributed by atoms with Gasteiger partial charge in [-0.2, -0.15) is 0 Å². The molecule has 2 aromatic carbocycles. The summed E-state index contributed by atoms with van der Waals surface area (Å²) in [6.45, 7) is 2.38. The summed E-state index contributed by atoms with van der Waals surface area (Å²) >= 11 is 0. The number of nitrogens with zero attached hydrogens (tertiary/aromatic N) is 2. The van der Waals surface area contributed by atoms with Crippen LogP contribution in [0.3, 0.4) is 0 Å². The van der Waals surface area contributed by atoms with Gasteiger partial charge in [-0.3, -0.25) is 9.69 Å². The molecule has 5 heteroatoms. The van der Waals surface area contributed by atoms with E-state index in [-0.39, 0.29) is 18.0 Å². The van der Waals surface area contributed by atoms with Gasteiger partial charge in [0.1, 0.15) is 5.75 Å². The lowest BCUT2D eigenvalue weighted by Crippen LogP contribution is -2.45. The maximum absolute atomic E-state index is 12.9. The molecule has 150 valence electrons. The van der Waals surface area contributed by atoms with Gasteiger partial charge < -0.3 is 15.0 Å². The number of carbonyl (C=O) groups excluding carboxylic acids is 1. The second-order valence-corrected chi connectivity index (χ2v) is 7.62. The zero-order chi connectivity index (χ0) is 19.9. The summed E-state index contributed by atoms with van der Waals surface area (Å²) in [6.07, 6.45) is 1.99. The second-order valence-electron chi connectivity index (χ2n) is 7.62. The molecule has 1 fully saturated rings. The van der Waals surface area contributed by atoms with E-state index < -0.39 is 0 Å². The zero-order valence-electron chi connectivity index (χ0n) is 17.1. The van der Waals surface area contributed by atoms with E-state index in [1.807, 2.05) is 38.4 Å². The zero-order valence-corrected chi connectivity index (χ0v) is 17.1. The number of hydrogen-bond acceptors (Lipinski definition) is 4. The average molecular weight is 382 g/mol. The Labute approximate surface area is 168 Å². The Balaban J connectivity index is 1.62. The Kier molecular flexibility index (Phi) is 7.06. The molecule has 1 N–H and O–H groups in total. The van der Waals surface area contributed by atoms with E-state index in [0.717, 1.165) is 37.2 Å². The van der Waals surface area contributed by atoms with Crippen molar-refractivity contribution in [2.75, 3.05) is 34.3 Å². The van der Waals surface area contributed by atoms with Crippen molar-refractivity contribution in [3.63, 3.8) is 0 Å². The van der Waals surface area contributed by atoms with Gasteiger partial charge in [-0.25, -0.2) is 0 Å². The number of carbonyl (C=O) groups is 1. The molecular weight excluding hydrogens is 350 g/mol. The number of hydrogen-bond donors (Lipinski definition) is 1. The van der Waals surface area contributed by atoms with Crippen LogP contribution in [0.5, 0.6) is 5.75 Å². The van der Waals surface area contributed by atoms with Crippen molar-refractivity contribution in [3.05, 3.63) is 65.7 Å². The van der Waals surface area contributed by atoms with Crippen LogP contribution in [-0.2, 0) is 11.3 Å². The standard InChI is InChI=1S/C23H31N3O2/c1-25(2)22(19-11-7-12-20(15-19)28-3)16-24-23(27)21-13-8-14-26(21)17-18-9-5-4-6-10-18/h4-7,9-12,15,21-22H,8,13-14,16-17H2,1-3H3,(H,24,27). The molecule has 3 rings (SSSR count). The van der Waals surface area contributed by atoms with Crippen molar-refractivity contribution in [3.8, 4) is 5.75 Å². The van der Waals surface area contributed by atoms with E-state index in [0.29, 0.717) is 6.54 Å². The molecule has 1 aliphatic rings. The Morgan fingerprint density at radius 1 is 1.21 bits per heavy atom. The van der Waals surface area contributed by atoms with Crippen LogP contribution in [0.1, 0.15) is 30.0 Å². The maximum Gasteiger partial charge on any atom is 0.237 e. The molecule has 2 aromatic rings. The van der Waals surface area contributed by atoms with Crippen LogP contribution in [0, 0.1) is 0 Å². The van der Waals surface area contributed by atoms with E-state index in [1.54, 1.807) is 7.11 Å². The molecule has 1 heterocycles. The summed E-state index contributed by atoms with van der Waals surface area (Å²) in [4.78, 5) is 17.4. The summed E-state index contributed by atoms with van der Waals surface area (Å²) in [5, 5.41) is 3.19. The van der Waals surface area contributed by atoms with Gasteiger partial charge >= 0.3 is 0 Å². The molecule has 0 bridgehead atoms. The minimum atomic E-state index is -0.0478. The second kappa shape index (κ2) is 9.71. The summed E-state index contributed by atoms with van der Waals surface area (Å²) in [5.74, 6) is 0.962. The molecule has 0 radical (unpaired) electrons. The maximum atomic E-state index is 12.9. The molecule has 1 saturated heterocycles. The number of ether oxygens (including phenoxy) is 1. The fourth-order valence-electron chi connectivity index (χ4n) is 3.89. The van der Waals surface area contributed by atoms with Gasteiger partial charge in [0.05, 0.1) is 19.2 Å². The van der Waals surface area contributed by atoms with Gasteiger partial charge in [0.15, 0.2) is 0 Å². The van der Waals surface area contributed by atoms with Gasteiger partial charge in [-0.15, -0.1) is 0 Å². The summed E-state index contributed by atoms with van der Waals surface area (Å²) in [5.41, 5.74) is 2.39. The number of nitrogens with one attached hydrogen (secondary N) is 1. The molecule has 1 aliphatic heterocycles. The Morgan fingerprint density at radius 3 is 2.71 bits per heavy atom. The van der Waals surface area contributed by atoms with Crippen LogP contribution in [0.2, 0.25) is 0 Å². The van der Waals surface area contributed by atoms with Crippen LogP contribution in [0.15, 0.2) is 54.6 Å². The number of likely N-dealkylation sites (N-methyl/N-ethyl adjacent to an activating group) is 1. The van der Waals surface area contributed by atoms with Crippen LogP contribution in [0.4, 0.5) is 0 Å². The van der Waals surface area contributed by atoms with Crippen LogP contribution in [-0.4, -0.2) is 56.0 Å². The summed E-state index contributed by atoms with van der Waals surface area (Å²) < 4.78 is 5.35. The van der Waals surface area contributed by atoms with E-state index >= 15 is 0 Å². The SMILES string of the molecule is COc1cccc(C(CNC(=O)C2CCCN2Cc2ccccc2)N(C)C)c1. The first-order valence-corrected chi connectivity index (χ1v) is 9.94. The molecule has 0 saturated carbocycles. The quantitative estimate of drug-likeness (QED) is 0.763. The predicted molar refractivity (Wildman–Crippen MR) is 112 cm³/mol. The normalized spacial score (nSPS) is 18.2. The first-order chi connectivity index (χ1) is 13.6. The van der Waals surface area contributed by atoms with Crippen LogP contribution >= 0.6 is 0 Å². The highest BCUT2D eigenvalue weighted by Gasteiger charge is 2.31. The summed E-state index contributed by atoms with van der Waals surface area (Å²) in [6, 6.07) is 18.5. The first-order valence-electron chi connectivity index (χ1n) is 9.94. The Bertz CT molecular complexity index is 763. The third-order valence-electron chi connectivity index (χ3n) is 5.47. The van der Waals surface area contributed by atoms with E-state index in [1.165, 1.54) is 5.56 Å². The lowest BCUT2D eigenvalue weighted by molar-refractivity contribution is -0.125.